The molecule has 4 N–H and O–H groups in total. The first-order valence-corrected chi connectivity index (χ1v) is 7.76. The van der Waals surface area contributed by atoms with Crippen LogP contribution in [0.5, 0.6) is 0 Å². The number of carbonyl (C=O) groups excluding carboxylic acids is 1. The summed E-state index contributed by atoms with van der Waals surface area (Å²) in [5.41, 5.74) is 6.24. The van der Waals surface area contributed by atoms with Crippen molar-refractivity contribution in [3.05, 3.63) is 16.3 Å². The Morgan fingerprint density at radius 1 is 1.45 bits per heavy atom. The highest BCUT2D eigenvalue weighted by molar-refractivity contribution is 7.10. The number of alkyl carbamates (subject to hydrolysis) is 1. The monoisotopic (exact) mass is 297 g/mol. The molecule has 1 aromatic rings. The van der Waals surface area contributed by atoms with E-state index in [1.54, 1.807) is 11.3 Å². The Bertz CT molecular complexity index is 461. The first kappa shape index (κ1) is 15.1. The molecule has 1 saturated carbocycles. The molecule has 0 atom stereocenters. The van der Waals surface area contributed by atoms with Crippen LogP contribution in [0.4, 0.5) is 10.5 Å². The van der Waals surface area contributed by atoms with E-state index < -0.39 is 5.60 Å². The van der Waals surface area contributed by atoms with Gasteiger partial charge in [-0.05, 0) is 45.1 Å². The van der Waals surface area contributed by atoms with Gasteiger partial charge in [-0.3, -0.25) is 0 Å². The van der Waals surface area contributed by atoms with E-state index in [-0.39, 0.29) is 12.1 Å². The van der Waals surface area contributed by atoms with Gasteiger partial charge in [-0.2, -0.15) is 0 Å². The molecule has 0 radical (unpaired) electrons. The summed E-state index contributed by atoms with van der Waals surface area (Å²) in [6.45, 7) is 6.39. The quantitative estimate of drug-likeness (QED) is 0.798. The van der Waals surface area contributed by atoms with Crippen molar-refractivity contribution in [1.29, 1.82) is 0 Å². The molecule has 112 valence electrons. The van der Waals surface area contributed by atoms with E-state index in [0.29, 0.717) is 6.04 Å². The molecular weight excluding hydrogens is 274 g/mol. The lowest BCUT2D eigenvalue weighted by Crippen LogP contribution is -2.52. The first-order chi connectivity index (χ1) is 9.33. The van der Waals surface area contributed by atoms with Gasteiger partial charge in [-0.25, -0.2) is 4.79 Å². The van der Waals surface area contributed by atoms with Crippen LogP contribution in [0.25, 0.3) is 0 Å². The highest BCUT2D eigenvalue weighted by Gasteiger charge is 2.31. The van der Waals surface area contributed by atoms with Gasteiger partial charge in [-0.15, -0.1) is 11.3 Å². The van der Waals surface area contributed by atoms with Crippen LogP contribution in [0.3, 0.4) is 0 Å². The lowest BCUT2D eigenvalue weighted by atomic mass is 9.87. The largest absolute Gasteiger partial charge is 0.444 e. The fourth-order valence-corrected chi connectivity index (χ4v) is 2.86. The summed E-state index contributed by atoms with van der Waals surface area (Å²) in [4.78, 5) is 12.8. The molecule has 1 amide bonds. The summed E-state index contributed by atoms with van der Waals surface area (Å²) >= 11 is 1.67. The zero-order valence-corrected chi connectivity index (χ0v) is 13.0. The van der Waals surface area contributed by atoms with Crippen molar-refractivity contribution in [2.24, 2.45) is 0 Å². The van der Waals surface area contributed by atoms with Gasteiger partial charge in [-0.1, -0.05) is 0 Å². The van der Waals surface area contributed by atoms with Crippen LogP contribution in [-0.2, 0) is 11.3 Å². The Morgan fingerprint density at radius 2 is 2.15 bits per heavy atom. The van der Waals surface area contributed by atoms with Crippen LogP contribution in [0, 0.1) is 0 Å². The number of nitrogens with two attached hydrogens (primary N) is 1. The number of nitrogen functional groups attached to an aromatic ring is 1. The highest BCUT2D eigenvalue weighted by atomic mass is 32.1. The number of amides is 1. The molecule has 2 rings (SSSR count). The molecule has 20 heavy (non-hydrogen) atoms. The summed E-state index contributed by atoms with van der Waals surface area (Å²) in [5.74, 6) is 0. The molecule has 0 aromatic carbocycles. The summed E-state index contributed by atoms with van der Waals surface area (Å²) in [5, 5.41) is 8.34. The average Bonchev–Trinajstić information content (AvgIpc) is 2.64. The Hall–Kier alpha value is -1.27. The van der Waals surface area contributed by atoms with Crippen molar-refractivity contribution in [2.75, 3.05) is 5.73 Å². The summed E-state index contributed by atoms with van der Waals surface area (Å²) in [6.07, 6.45) is 1.54. The molecule has 6 heteroatoms. The minimum absolute atomic E-state index is 0.211. The molecule has 0 unspecified atom stereocenters. The molecule has 1 fully saturated rings. The van der Waals surface area contributed by atoms with E-state index in [1.807, 2.05) is 32.2 Å². The predicted octanol–water partition coefficient (Wildman–Crippen LogP) is 2.48. The van der Waals surface area contributed by atoms with Gasteiger partial charge in [0.05, 0.1) is 0 Å². The number of thiophene rings is 1. The Balaban J connectivity index is 1.63. The molecule has 0 bridgehead atoms. The highest BCUT2D eigenvalue weighted by Crippen LogP contribution is 2.23. The molecule has 1 aromatic heterocycles. The number of anilines is 1. The van der Waals surface area contributed by atoms with Crippen molar-refractivity contribution >= 4 is 23.1 Å². The summed E-state index contributed by atoms with van der Waals surface area (Å²) < 4.78 is 5.23. The van der Waals surface area contributed by atoms with Crippen molar-refractivity contribution in [3.8, 4) is 0 Å². The second kappa shape index (κ2) is 6.01. The normalized spacial score (nSPS) is 22.1. The molecule has 0 saturated heterocycles. The molecule has 1 heterocycles. The number of nitrogens with one attached hydrogen (secondary N) is 2. The summed E-state index contributed by atoms with van der Waals surface area (Å²) in [7, 11) is 0. The first-order valence-electron chi connectivity index (χ1n) is 6.88. The molecule has 1 aliphatic carbocycles. The van der Waals surface area contributed by atoms with Crippen molar-refractivity contribution in [2.45, 2.75) is 57.8 Å². The Labute approximate surface area is 123 Å². The number of ether oxygens (including phenoxy) is 1. The number of carbonyl (C=O) groups is 1. The third kappa shape index (κ3) is 4.38. The van der Waals surface area contributed by atoms with E-state index in [9.17, 15) is 4.79 Å². The van der Waals surface area contributed by atoms with Gasteiger partial charge in [0.15, 0.2) is 0 Å². The van der Waals surface area contributed by atoms with E-state index in [1.165, 1.54) is 4.88 Å². The van der Waals surface area contributed by atoms with Gasteiger partial charge < -0.3 is 21.1 Å². The molecule has 5 nitrogen and oxygen atoms in total. The van der Waals surface area contributed by atoms with Crippen molar-refractivity contribution in [1.82, 2.24) is 10.6 Å². The van der Waals surface area contributed by atoms with Crippen LogP contribution in [-0.4, -0.2) is 23.8 Å². The number of hydrogen-bond donors (Lipinski definition) is 3. The van der Waals surface area contributed by atoms with Crippen LogP contribution in [0.1, 0.15) is 38.5 Å². The molecule has 1 aliphatic rings. The van der Waals surface area contributed by atoms with Crippen LogP contribution < -0.4 is 16.4 Å². The smallest absolute Gasteiger partial charge is 0.407 e. The van der Waals surface area contributed by atoms with E-state index >= 15 is 0 Å². The van der Waals surface area contributed by atoms with Gasteiger partial charge in [0.25, 0.3) is 0 Å². The maximum absolute atomic E-state index is 11.6. The number of rotatable bonds is 4. The topological polar surface area (TPSA) is 76.4 Å². The summed E-state index contributed by atoms with van der Waals surface area (Å²) in [6, 6.07) is 2.58. The second-order valence-electron chi connectivity index (χ2n) is 6.19. The SMILES string of the molecule is CC(C)(C)OC(=O)NC1CC(NCc2sccc2N)C1. The zero-order chi connectivity index (χ0) is 14.8. The molecule has 0 aliphatic heterocycles. The Kier molecular flexibility index (Phi) is 4.55. The minimum atomic E-state index is -0.442. The van der Waals surface area contributed by atoms with Crippen molar-refractivity contribution < 1.29 is 9.53 Å². The molecule has 0 spiro atoms. The van der Waals surface area contributed by atoms with Gasteiger partial charge in [0.1, 0.15) is 5.60 Å². The van der Waals surface area contributed by atoms with E-state index in [0.717, 1.165) is 25.1 Å². The van der Waals surface area contributed by atoms with Gasteiger partial charge in [0, 0.05) is 29.2 Å². The van der Waals surface area contributed by atoms with Crippen LogP contribution in [0.2, 0.25) is 0 Å². The van der Waals surface area contributed by atoms with Crippen LogP contribution in [0.15, 0.2) is 11.4 Å². The third-order valence-corrected chi connectivity index (χ3v) is 4.13. The third-order valence-electron chi connectivity index (χ3n) is 3.19. The molecular formula is C14H23N3O2S. The van der Waals surface area contributed by atoms with Crippen molar-refractivity contribution in [3.63, 3.8) is 0 Å². The maximum Gasteiger partial charge on any atom is 0.407 e. The second-order valence-corrected chi connectivity index (χ2v) is 7.19. The fraction of sp³-hybridized carbons (Fsp3) is 0.643. The number of hydrogen-bond acceptors (Lipinski definition) is 5. The van der Waals surface area contributed by atoms with E-state index in [2.05, 4.69) is 10.6 Å². The van der Waals surface area contributed by atoms with Crippen LogP contribution >= 0.6 is 11.3 Å². The zero-order valence-electron chi connectivity index (χ0n) is 12.2. The lowest BCUT2D eigenvalue weighted by Gasteiger charge is -2.36. The lowest BCUT2D eigenvalue weighted by molar-refractivity contribution is 0.0465. The predicted molar refractivity (Wildman–Crippen MR) is 81.8 cm³/mol. The fourth-order valence-electron chi connectivity index (χ4n) is 2.11. The Morgan fingerprint density at radius 3 is 2.70 bits per heavy atom. The average molecular weight is 297 g/mol. The standard InChI is InChI=1S/C14H23N3O2S/c1-14(2,3)19-13(18)17-10-6-9(7-10)16-8-12-11(15)4-5-20-12/h4-5,9-10,16H,6-8,15H2,1-3H3,(H,17,18). The minimum Gasteiger partial charge on any atom is -0.444 e. The maximum atomic E-state index is 11.6. The van der Waals surface area contributed by atoms with Gasteiger partial charge >= 0.3 is 6.09 Å². The van der Waals surface area contributed by atoms with Gasteiger partial charge in [0.2, 0.25) is 0 Å². The van der Waals surface area contributed by atoms with E-state index in [4.69, 9.17) is 10.5 Å².